The number of nitrogens with one attached hydrogen (secondary N) is 1. The Morgan fingerprint density at radius 1 is 1.11 bits per heavy atom. The molecule has 3 heterocycles. The molecule has 4 rings (SSSR count). The fourth-order valence-electron chi connectivity index (χ4n) is 3.55. The topological polar surface area (TPSA) is 88.8 Å². The molecule has 1 fully saturated rings. The summed E-state index contributed by atoms with van der Waals surface area (Å²) in [5, 5.41) is 11.7. The Labute approximate surface area is 163 Å². The molecule has 28 heavy (non-hydrogen) atoms. The van der Waals surface area contributed by atoms with E-state index in [1.807, 2.05) is 30.0 Å². The third-order valence-electron chi connectivity index (χ3n) is 5.06. The van der Waals surface area contributed by atoms with Crippen LogP contribution < -0.4 is 5.32 Å². The highest BCUT2D eigenvalue weighted by molar-refractivity contribution is 5.98. The molecule has 0 bridgehead atoms. The van der Waals surface area contributed by atoms with Crippen molar-refractivity contribution in [1.82, 2.24) is 29.9 Å². The molecule has 2 unspecified atom stereocenters. The van der Waals surface area contributed by atoms with Gasteiger partial charge in [0.2, 0.25) is 5.95 Å². The Balaban J connectivity index is 1.59. The van der Waals surface area contributed by atoms with Crippen LogP contribution in [0.5, 0.6) is 0 Å². The number of aryl methyl sites for hydroxylation is 1. The van der Waals surface area contributed by atoms with Crippen LogP contribution in [0.25, 0.3) is 5.69 Å². The van der Waals surface area contributed by atoms with Crippen molar-refractivity contribution in [3.8, 4) is 5.69 Å². The van der Waals surface area contributed by atoms with Crippen molar-refractivity contribution < 1.29 is 4.79 Å². The Bertz CT molecular complexity index is 942. The molecular formula is C20H23N7O. The van der Waals surface area contributed by atoms with Gasteiger partial charge in [-0.05, 0) is 44.9 Å². The maximum absolute atomic E-state index is 13.5. The standard InChI is InChI=1S/C20H23N7O/c1-14-4-7-18(27-23-10-11-24-27)17(12-14)19(28)26-13-16(6-5-15(26)2)25-20-21-8-3-9-22-20/h3-4,7-12,15-16H,5-6,13H2,1-2H3,(H,21,22,25). The van der Waals surface area contributed by atoms with E-state index in [9.17, 15) is 4.79 Å². The van der Waals surface area contributed by atoms with Gasteiger partial charge in [-0.1, -0.05) is 11.6 Å². The van der Waals surface area contributed by atoms with E-state index in [1.165, 1.54) is 4.80 Å². The van der Waals surface area contributed by atoms with Crippen LogP contribution in [0.1, 0.15) is 35.7 Å². The number of likely N-dealkylation sites (tertiary alicyclic amines) is 1. The Kier molecular flexibility index (Phi) is 5.01. The van der Waals surface area contributed by atoms with Crippen LogP contribution in [0.4, 0.5) is 5.95 Å². The maximum Gasteiger partial charge on any atom is 0.256 e. The lowest BCUT2D eigenvalue weighted by molar-refractivity contribution is 0.0620. The van der Waals surface area contributed by atoms with E-state index in [-0.39, 0.29) is 18.0 Å². The molecule has 0 radical (unpaired) electrons. The summed E-state index contributed by atoms with van der Waals surface area (Å²) < 4.78 is 0. The van der Waals surface area contributed by atoms with Gasteiger partial charge < -0.3 is 10.2 Å². The summed E-state index contributed by atoms with van der Waals surface area (Å²) in [4.78, 5) is 25.4. The molecule has 3 aromatic rings. The van der Waals surface area contributed by atoms with Crippen LogP contribution in [-0.2, 0) is 0 Å². The molecule has 0 saturated carbocycles. The summed E-state index contributed by atoms with van der Waals surface area (Å²) in [5.74, 6) is 0.579. The number of anilines is 1. The molecular weight excluding hydrogens is 354 g/mol. The molecule has 1 amide bonds. The van der Waals surface area contributed by atoms with Crippen molar-refractivity contribution in [3.63, 3.8) is 0 Å². The van der Waals surface area contributed by atoms with Gasteiger partial charge in [0.15, 0.2) is 0 Å². The van der Waals surface area contributed by atoms with Crippen LogP contribution in [0.15, 0.2) is 49.1 Å². The lowest BCUT2D eigenvalue weighted by atomic mass is 9.97. The van der Waals surface area contributed by atoms with Gasteiger partial charge in [-0.15, -0.1) is 0 Å². The second kappa shape index (κ2) is 7.75. The van der Waals surface area contributed by atoms with E-state index in [1.54, 1.807) is 30.9 Å². The smallest absolute Gasteiger partial charge is 0.256 e. The number of aromatic nitrogens is 5. The summed E-state index contributed by atoms with van der Waals surface area (Å²) in [6.45, 7) is 4.67. The van der Waals surface area contributed by atoms with Gasteiger partial charge in [0, 0.05) is 31.0 Å². The Hall–Kier alpha value is -3.29. The molecule has 2 aromatic heterocycles. The van der Waals surface area contributed by atoms with Gasteiger partial charge in [0.25, 0.3) is 5.91 Å². The molecule has 144 valence electrons. The first kappa shape index (κ1) is 18.1. The van der Waals surface area contributed by atoms with E-state index in [0.29, 0.717) is 23.7 Å². The number of benzene rings is 1. The summed E-state index contributed by atoms with van der Waals surface area (Å²) in [6, 6.07) is 7.81. The number of carbonyl (C=O) groups is 1. The monoisotopic (exact) mass is 377 g/mol. The van der Waals surface area contributed by atoms with Crippen LogP contribution in [0.2, 0.25) is 0 Å². The number of amides is 1. The van der Waals surface area contributed by atoms with Gasteiger partial charge in [-0.2, -0.15) is 15.0 Å². The molecule has 1 saturated heterocycles. The second-order valence-corrected chi connectivity index (χ2v) is 7.14. The molecule has 1 N–H and O–H groups in total. The van der Waals surface area contributed by atoms with Crippen molar-refractivity contribution in [2.75, 3.05) is 11.9 Å². The van der Waals surface area contributed by atoms with Crippen molar-refractivity contribution in [2.45, 2.75) is 38.8 Å². The van der Waals surface area contributed by atoms with Crippen molar-refractivity contribution in [1.29, 1.82) is 0 Å². The molecule has 1 aromatic carbocycles. The predicted molar refractivity (Wildman–Crippen MR) is 105 cm³/mol. The lowest BCUT2D eigenvalue weighted by Crippen LogP contribution is -2.50. The number of nitrogens with zero attached hydrogens (tertiary/aromatic N) is 6. The van der Waals surface area contributed by atoms with E-state index >= 15 is 0 Å². The zero-order valence-corrected chi connectivity index (χ0v) is 16.0. The molecule has 0 spiro atoms. The van der Waals surface area contributed by atoms with E-state index in [0.717, 1.165) is 18.4 Å². The minimum Gasteiger partial charge on any atom is -0.350 e. The zero-order valence-electron chi connectivity index (χ0n) is 16.0. The van der Waals surface area contributed by atoms with Crippen molar-refractivity contribution in [3.05, 3.63) is 60.2 Å². The first-order chi connectivity index (χ1) is 13.6. The maximum atomic E-state index is 13.5. The summed E-state index contributed by atoms with van der Waals surface area (Å²) in [5.41, 5.74) is 2.32. The molecule has 1 aliphatic heterocycles. The highest BCUT2D eigenvalue weighted by Gasteiger charge is 2.31. The number of hydrogen-bond donors (Lipinski definition) is 1. The van der Waals surface area contributed by atoms with Crippen LogP contribution in [-0.4, -0.2) is 54.4 Å². The van der Waals surface area contributed by atoms with Crippen LogP contribution in [0, 0.1) is 6.92 Å². The average molecular weight is 377 g/mol. The molecule has 0 aliphatic carbocycles. The quantitative estimate of drug-likeness (QED) is 0.751. The molecule has 2 atom stereocenters. The molecule has 8 heteroatoms. The van der Waals surface area contributed by atoms with Gasteiger partial charge >= 0.3 is 0 Å². The Morgan fingerprint density at radius 2 is 1.86 bits per heavy atom. The van der Waals surface area contributed by atoms with Gasteiger partial charge in [-0.3, -0.25) is 4.79 Å². The fourth-order valence-corrected chi connectivity index (χ4v) is 3.55. The third-order valence-corrected chi connectivity index (χ3v) is 5.06. The van der Waals surface area contributed by atoms with E-state index in [2.05, 4.69) is 32.4 Å². The summed E-state index contributed by atoms with van der Waals surface area (Å²) in [7, 11) is 0. The van der Waals surface area contributed by atoms with E-state index in [4.69, 9.17) is 0 Å². The summed E-state index contributed by atoms with van der Waals surface area (Å²) in [6.07, 6.45) is 8.51. The van der Waals surface area contributed by atoms with Gasteiger partial charge in [-0.25, -0.2) is 9.97 Å². The summed E-state index contributed by atoms with van der Waals surface area (Å²) >= 11 is 0. The zero-order chi connectivity index (χ0) is 19.5. The number of rotatable bonds is 4. The predicted octanol–water partition coefficient (Wildman–Crippen LogP) is 2.47. The Morgan fingerprint density at radius 3 is 2.61 bits per heavy atom. The first-order valence-electron chi connectivity index (χ1n) is 9.43. The number of carbonyl (C=O) groups excluding carboxylic acids is 1. The fraction of sp³-hybridized carbons (Fsp3) is 0.350. The van der Waals surface area contributed by atoms with Crippen LogP contribution in [0.3, 0.4) is 0 Å². The largest absolute Gasteiger partial charge is 0.350 e. The van der Waals surface area contributed by atoms with Crippen LogP contribution >= 0.6 is 0 Å². The SMILES string of the molecule is Cc1ccc(-n2nccn2)c(C(=O)N2CC(Nc3ncccn3)CCC2C)c1. The number of piperidine rings is 1. The minimum absolute atomic E-state index is 0.0102. The highest BCUT2D eigenvalue weighted by Crippen LogP contribution is 2.24. The highest BCUT2D eigenvalue weighted by atomic mass is 16.2. The second-order valence-electron chi connectivity index (χ2n) is 7.14. The normalized spacial score (nSPS) is 19.4. The molecule has 1 aliphatic rings. The minimum atomic E-state index is -0.0102. The van der Waals surface area contributed by atoms with Crippen molar-refractivity contribution in [2.24, 2.45) is 0 Å². The lowest BCUT2D eigenvalue weighted by Gasteiger charge is -2.38. The van der Waals surface area contributed by atoms with Crippen molar-refractivity contribution >= 4 is 11.9 Å². The third kappa shape index (κ3) is 3.71. The number of hydrogen-bond acceptors (Lipinski definition) is 6. The average Bonchev–Trinajstić information content (AvgIpc) is 3.24. The first-order valence-corrected chi connectivity index (χ1v) is 9.43. The van der Waals surface area contributed by atoms with Gasteiger partial charge in [0.1, 0.15) is 0 Å². The van der Waals surface area contributed by atoms with Gasteiger partial charge in [0.05, 0.1) is 23.6 Å². The molecule has 8 nitrogen and oxygen atoms in total. The van der Waals surface area contributed by atoms with E-state index < -0.39 is 0 Å².